The number of nitrogens with one attached hydrogen (secondary N) is 1. The molecule has 6 heteroatoms. The number of hydrogen-bond donors (Lipinski definition) is 1. The summed E-state index contributed by atoms with van der Waals surface area (Å²) in [4.78, 5) is 10.6. The Bertz CT molecular complexity index is 600. The molecular formula is C13H15N3O3. The maximum Gasteiger partial charge on any atom is 0.292 e. The Morgan fingerprint density at radius 2 is 2.11 bits per heavy atom. The van der Waals surface area contributed by atoms with Crippen LogP contribution in [-0.4, -0.2) is 10.1 Å². The fourth-order valence-electron chi connectivity index (χ4n) is 1.97. The largest absolute Gasteiger partial charge is 0.375 e. The molecule has 0 radical (unpaired) electrons. The zero-order valence-electron chi connectivity index (χ0n) is 11.1. The van der Waals surface area contributed by atoms with Gasteiger partial charge in [0.1, 0.15) is 11.4 Å². The predicted molar refractivity (Wildman–Crippen MR) is 71.1 cm³/mol. The number of aromatic nitrogens is 1. The summed E-state index contributed by atoms with van der Waals surface area (Å²) in [6, 6.07) is 5.00. The third-order valence-corrected chi connectivity index (χ3v) is 3.07. The Balaban J connectivity index is 2.27. The van der Waals surface area contributed by atoms with Gasteiger partial charge in [0.15, 0.2) is 0 Å². The van der Waals surface area contributed by atoms with E-state index in [1.165, 1.54) is 6.07 Å². The fraction of sp³-hybridized carbons (Fsp3) is 0.308. The van der Waals surface area contributed by atoms with E-state index in [0.29, 0.717) is 12.2 Å². The minimum absolute atomic E-state index is 0.0757. The van der Waals surface area contributed by atoms with Gasteiger partial charge in [-0.05, 0) is 26.3 Å². The van der Waals surface area contributed by atoms with Crippen molar-refractivity contribution in [3.05, 3.63) is 50.9 Å². The summed E-state index contributed by atoms with van der Waals surface area (Å²) in [7, 11) is 0. The molecule has 0 atom stereocenters. The molecule has 0 fully saturated rings. The van der Waals surface area contributed by atoms with Crippen LogP contribution in [-0.2, 0) is 6.54 Å². The first-order valence-electron chi connectivity index (χ1n) is 5.90. The maximum absolute atomic E-state index is 11.0. The van der Waals surface area contributed by atoms with E-state index < -0.39 is 0 Å². The van der Waals surface area contributed by atoms with Gasteiger partial charge in [-0.2, -0.15) is 0 Å². The Hall–Kier alpha value is -2.37. The molecule has 1 N–H and O–H groups in total. The lowest BCUT2D eigenvalue weighted by Gasteiger charge is -2.09. The van der Waals surface area contributed by atoms with Crippen LogP contribution in [0.1, 0.15) is 22.6 Å². The van der Waals surface area contributed by atoms with Gasteiger partial charge in [0, 0.05) is 18.2 Å². The lowest BCUT2D eigenvalue weighted by Crippen LogP contribution is -2.05. The van der Waals surface area contributed by atoms with Gasteiger partial charge < -0.3 is 9.84 Å². The molecule has 0 bridgehead atoms. The van der Waals surface area contributed by atoms with Gasteiger partial charge in [0.05, 0.1) is 10.6 Å². The minimum Gasteiger partial charge on any atom is -0.375 e. The number of rotatable bonds is 4. The molecule has 0 saturated heterocycles. The molecular weight excluding hydrogens is 246 g/mol. The molecule has 19 heavy (non-hydrogen) atoms. The number of nitrogens with zero attached hydrogens (tertiary/aromatic N) is 2. The average molecular weight is 261 g/mol. The standard InChI is InChI=1S/C13H15N3O3/c1-8-5-4-6-12(16(17)18)13(8)14-7-11-9(2)15-19-10(11)3/h4-6,14H,7H2,1-3H3. The second-order valence-electron chi connectivity index (χ2n) is 4.38. The van der Waals surface area contributed by atoms with Crippen LogP contribution in [0.4, 0.5) is 11.4 Å². The maximum atomic E-state index is 11.0. The van der Waals surface area contributed by atoms with Gasteiger partial charge in [-0.25, -0.2) is 0 Å². The number of nitro benzene ring substituents is 1. The van der Waals surface area contributed by atoms with E-state index >= 15 is 0 Å². The van der Waals surface area contributed by atoms with Gasteiger partial charge in [0.2, 0.25) is 0 Å². The van der Waals surface area contributed by atoms with Crippen LogP contribution in [0.5, 0.6) is 0 Å². The molecule has 100 valence electrons. The first kappa shape index (κ1) is 13.1. The molecule has 6 nitrogen and oxygen atoms in total. The van der Waals surface area contributed by atoms with Gasteiger partial charge >= 0.3 is 0 Å². The van der Waals surface area contributed by atoms with Gasteiger partial charge in [-0.3, -0.25) is 10.1 Å². The smallest absolute Gasteiger partial charge is 0.292 e. The number of para-hydroxylation sites is 1. The normalized spacial score (nSPS) is 10.5. The van der Waals surface area contributed by atoms with Crippen LogP contribution < -0.4 is 5.32 Å². The zero-order chi connectivity index (χ0) is 14.0. The Morgan fingerprint density at radius 1 is 1.37 bits per heavy atom. The lowest BCUT2D eigenvalue weighted by molar-refractivity contribution is -0.384. The molecule has 0 spiro atoms. The summed E-state index contributed by atoms with van der Waals surface area (Å²) < 4.78 is 5.07. The molecule has 0 aliphatic rings. The molecule has 0 unspecified atom stereocenters. The second-order valence-corrected chi connectivity index (χ2v) is 4.38. The van der Waals surface area contributed by atoms with Gasteiger partial charge in [-0.1, -0.05) is 17.3 Å². The minimum atomic E-state index is -0.386. The molecule has 0 aliphatic heterocycles. The molecule has 1 aromatic heterocycles. The van der Waals surface area contributed by atoms with E-state index in [4.69, 9.17) is 4.52 Å². The number of anilines is 1. The second kappa shape index (κ2) is 5.09. The van der Waals surface area contributed by atoms with Crippen LogP contribution in [0.2, 0.25) is 0 Å². The number of nitro groups is 1. The highest BCUT2D eigenvalue weighted by molar-refractivity contribution is 5.66. The van der Waals surface area contributed by atoms with Crippen molar-refractivity contribution in [1.29, 1.82) is 0 Å². The van der Waals surface area contributed by atoms with Crippen LogP contribution in [0.25, 0.3) is 0 Å². The van der Waals surface area contributed by atoms with Crippen molar-refractivity contribution in [2.45, 2.75) is 27.3 Å². The summed E-state index contributed by atoms with van der Waals surface area (Å²) in [5, 5.41) is 18.0. The van der Waals surface area contributed by atoms with E-state index in [2.05, 4.69) is 10.5 Å². The van der Waals surface area contributed by atoms with Crippen LogP contribution in [0.3, 0.4) is 0 Å². The molecule has 2 rings (SSSR count). The number of hydrogen-bond acceptors (Lipinski definition) is 5. The SMILES string of the molecule is Cc1cccc([N+](=O)[O-])c1NCc1c(C)noc1C. The highest BCUT2D eigenvalue weighted by Gasteiger charge is 2.16. The fourth-order valence-corrected chi connectivity index (χ4v) is 1.97. The third-order valence-electron chi connectivity index (χ3n) is 3.07. The number of aryl methyl sites for hydroxylation is 3. The summed E-state index contributed by atoms with van der Waals surface area (Å²) in [5.41, 5.74) is 3.17. The highest BCUT2D eigenvalue weighted by atomic mass is 16.6. The molecule has 2 aromatic rings. The summed E-state index contributed by atoms with van der Waals surface area (Å²) >= 11 is 0. The van der Waals surface area contributed by atoms with Crippen molar-refractivity contribution >= 4 is 11.4 Å². The third kappa shape index (κ3) is 2.57. The number of benzene rings is 1. The molecule has 0 amide bonds. The average Bonchev–Trinajstić information content (AvgIpc) is 2.67. The first-order valence-corrected chi connectivity index (χ1v) is 5.90. The summed E-state index contributed by atoms with van der Waals surface area (Å²) in [6.07, 6.45) is 0. The van der Waals surface area contributed by atoms with E-state index in [-0.39, 0.29) is 10.6 Å². The van der Waals surface area contributed by atoms with Crippen molar-refractivity contribution in [3.8, 4) is 0 Å². The van der Waals surface area contributed by atoms with Crippen LogP contribution >= 0.6 is 0 Å². The quantitative estimate of drug-likeness (QED) is 0.675. The van der Waals surface area contributed by atoms with Crippen molar-refractivity contribution in [2.24, 2.45) is 0 Å². The summed E-state index contributed by atoms with van der Waals surface area (Å²) in [5.74, 6) is 0.723. The Kier molecular flexibility index (Phi) is 3.50. The Labute approximate surface area is 110 Å². The Morgan fingerprint density at radius 3 is 2.68 bits per heavy atom. The molecule has 1 aromatic carbocycles. The van der Waals surface area contributed by atoms with Crippen LogP contribution in [0, 0.1) is 30.9 Å². The van der Waals surface area contributed by atoms with E-state index in [1.807, 2.05) is 26.8 Å². The zero-order valence-corrected chi connectivity index (χ0v) is 11.1. The monoisotopic (exact) mass is 261 g/mol. The van der Waals surface area contributed by atoms with Crippen LogP contribution in [0.15, 0.2) is 22.7 Å². The van der Waals surface area contributed by atoms with E-state index in [0.717, 1.165) is 22.6 Å². The van der Waals surface area contributed by atoms with Crippen molar-refractivity contribution in [1.82, 2.24) is 5.16 Å². The van der Waals surface area contributed by atoms with E-state index in [9.17, 15) is 10.1 Å². The highest BCUT2D eigenvalue weighted by Crippen LogP contribution is 2.28. The van der Waals surface area contributed by atoms with E-state index in [1.54, 1.807) is 6.07 Å². The molecule has 1 heterocycles. The van der Waals surface area contributed by atoms with Crippen molar-refractivity contribution in [3.63, 3.8) is 0 Å². The summed E-state index contributed by atoms with van der Waals surface area (Å²) in [6.45, 7) is 5.96. The lowest BCUT2D eigenvalue weighted by atomic mass is 10.1. The van der Waals surface area contributed by atoms with Crippen molar-refractivity contribution in [2.75, 3.05) is 5.32 Å². The van der Waals surface area contributed by atoms with Gasteiger partial charge in [0.25, 0.3) is 5.69 Å². The van der Waals surface area contributed by atoms with Gasteiger partial charge in [-0.15, -0.1) is 0 Å². The topological polar surface area (TPSA) is 81.2 Å². The van der Waals surface area contributed by atoms with Crippen molar-refractivity contribution < 1.29 is 9.45 Å². The first-order chi connectivity index (χ1) is 9.00. The molecule has 0 saturated carbocycles. The molecule has 0 aliphatic carbocycles. The predicted octanol–water partition coefficient (Wildman–Crippen LogP) is 3.12.